The number of halogens is 10. The Morgan fingerprint density at radius 1 is 0.552 bits per heavy atom. The third-order valence-corrected chi connectivity index (χ3v) is 2.20. The Morgan fingerprint density at radius 3 is 1.00 bits per heavy atom. The SMILES string of the molecule is O=[N+]([O-])C(F)(F)COC(OCC(F)(F)F)(OCC(F)(F)F)OCC(F)(F)[N+](=O)[O-]. The van der Waals surface area contributed by atoms with Gasteiger partial charge in [0.2, 0.25) is 0 Å². The molecule has 10 nitrogen and oxygen atoms in total. The third kappa shape index (κ3) is 10.3. The smallest absolute Gasteiger partial charge is 0.294 e. The molecule has 0 saturated heterocycles. The van der Waals surface area contributed by atoms with Crippen LogP contribution in [0.1, 0.15) is 0 Å². The highest BCUT2D eigenvalue weighted by Gasteiger charge is 2.54. The van der Waals surface area contributed by atoms with Crippen molar-refractivity contribution in [1.82, 2.24) is 0 Å². The fourth-order valence-corrected chi connectivity index (χ4v) is 1.05. The molecule has 0 aliphatic carbocycles. The van der Waals surface area contributed by atoms with Crippen molar-refractivity contribution >= 4 is 0 Å². The summed E-state index contributed by atoms with van der Waals surface area (Å²) in [4.78, 5) is 15.3. The van der Waals surface area contributed by atoms with Gasteiger partial charge in [0, 0.05) is 0 Å². The minimum absolute atomic E-state index is 2.41. The van der Waals surface area contributed by atoms with E-state index in [4.69, 9.17) is 0 Å². The first-order valence-electron chi connectivity index (χ1n) is 6.45. The molecule has 0 aliphatic heterocycles. The van der Waals surface area contributed by atoms with Crippen molar-refractivity contribution in [3.05, 3.63) is 20.2 Å². The molecular formula is C9H8F10N2O8. The van der Waals surface area contributed by atoms with E-state index >= 15 is 0 Å². The third-order valence-electron chi connectivity index (χ3n) is 2.20. The maximum atomic E-state index is 12.9. The standard InChI is InChI=1S/C9H8F10N2O8/c10-5(11,12)1-26-9(27-2-6(13,14)15,28-3-7(16,17)20(22)23)29-4-8(18,19)21(24)25/h1-4H2. The first-order valence-corrected chi connectivity index (χ1v) is 6.45. The predicted molar refractivity (Wildman–Crippen MR) is 62.5 cm³/mol. The summed E-state index contributed by atoms with van der Waals surface area (Å²) >= 11 is 0. The summed E-state index contributed by atoms with van der Waals surface area (Å²) in [5.74, 6) is 0. The van der Waals surface area contributed by atoms with Crippen LogP contribution >= 0.6 is 0 Å². The molecule has 0 unspecified atom stereocenters. The molecule has 0 atom stereocenters. The molecule has 172 valence electrons. The first-order chi connectivity index (χ1) is 12.7. The van der Waals surface area contributed by atoms with Gasteiger partial charge in [0.1, 0.15) is 0 Å². The maximum absolute atomic E-state index is 12.9. The van der Waals surface area contributed by atoms with E-state index in [-0.39, 0.29) is 0 Å². The minimum Gasteiger partial charge on any atom is -0.294 e. The van der Waals surface area contributed by atoms with Crippen molar-refractivity contribution in [3.8, 4) is 0 Å². The number of nitrogens with zero attached hydrogens (tertiary/aromatic N) is 2. The summed E-state index contributed by atoms with van der Waals surface area (Å²) in [6, 6.07) is -10.4. The maximum Gasteiger partial charge on any atom is 0.534 e. The molecule has 0 aromatic rings. The van der Waals surface area contributed by atoms with Crippen molar-refractivity contribution in [2.24, 2.45) is 0 Å². The minimum atomic E-state index is -5.46. The molecule has 0 radical (unpaired) electrons. The van der Waals surface area contributed by atoms with Crippen LogP contribution in [0.5, 0.6) is 0 Å². The predicted octanol–water partition coefficient (Wildman–Crippen LogP) is 2.53. The number of nitro groups is 2. The second-order valence-corrected chi connectivity index (χ2v) is 4.73. The topological polar surface area (TPSA) is 123 Å². The Labute approximate surface area is 151 Å². The van der Waals surface area contributed by atoms with Gasteiger partial charge in [0.25, 0.3) is 0 Å². The lowest BCUT2D eigenvalue weighted by molar-refractivity contribution is -0.668. The fourth-order valence-electron chi connectivity index (χ4n) is 1.05. The number of ether oxygens (including phenoxy) is 4. The molecule has 0 heterocycles. The highest BCUT2D eigenvalue weighted by atomic mass is 19.4. The Balaban J connectivity index is 5.81. The summed E-state index contributed by atoms with van der Waals surface area (Å²) in [5, 5.41) is 20.1. The largest absolute Gasteiger partial charge is 0.534 e. The van der Waals surface area contributed by atoms with Gasteiger partial charge in [-0.05, 0) is 0 Å². The summed E-state index contributed by atoms with van der Waals surface area (Å²) in [7, 11) is 0. The molecule has 0 rings (SSSR count). The lowest BCUT2D eigenvalue weighted by Gasteiger charge is -2.32. The summed E-state index contributed by atoms with van der Waals surface area (Å²) in [5.41, 5.74) is 0. The zero-order valence-corrected chi connectivity index (χ0v) is 13.3. The molecule has 0 N–H and O–H groups in total. The van der Waals surface area contributed by atoms with Crippen molar-refractivity contribution in [2.45, 2.75) is 30.6 Å². The molecule has 0 fully saturated rings. The monoisotopic (exact) mass is 462 g/mol. The van der Waals surface area contributed by atoms with E-state index in [1.165, 1.54) is 0 Å². The van der Waals surface area contributed by atoms with E-state index in [9.17, 15) is 64.1 Å². The van der Waals surface area contributed by atoms with Crippen LogP contribution in [0.3, 0.4) is 0 Å². The molecule has 0 amide bonds. The van der Waals surface area contributed by atoms with E-state index in [2.05, 4.69) is 18.9 Å². The molecule has 0 bridgehead atoms. The van der Waals surface area contributed by atoms with Crippen molar-refractivity contribution in [3.63, 3.8) is 0 Å². The van der Waals surface area contributed by atoms with E-state index in [1.807, 2.05) is 0 Å². The lowest BCUT2D eigenvalue weighted by atomic mass is 10.6. The van der Waals surface area contributed by atoms with E-state index in [1.54, 1.807) is 0 Å². The lowest BCUT2D eigenvalue weighted by Crippen LogP contribution is -2.51. The van der Waals surface area contributed by atoms with Crippen LogP contribution in [0.15, 0.2) is 0 Å². The molecule has 29 heavy (non-hydrogen) atoms. The van der Waals surface area contributed by atoms with Gasteiger partial charge in [-0.15, -0.1) is 17.6 Å². The van der Waals surface area contributed by atoms with Crippen molar-refractivity contribution in [2.75, 3.05) is 26.4 Å². The average Bonchev–Trinajstić information content (AvgIpc) is 2.51. The zero-order chi connectivity index (χ0) is 23.3. The number of alkyl halides is 10. The Kier molecular flexibility index (Phi) is 8.52. The van der Waals surface area contributed by atoms with Crippen LogP contribution in [0.25, 0.3) is 0 Å². The normalized spacial score (nSPS) is 14.1. The highest BCUT2D eigenvalue weighted by molar-refractivity contribution is 4.59. The van der Waals surface area contributed by atoms with Gasteiger partial charge < -0.3 is 0 Å². The highest BCUT2D eigenvalue weighted by Crippen LogP contribution is 2.30. The molecule has 0 aromatic carbocycles. The van der Waals surface area contributed by atoms with Crippen LogP contribution < -0.4 is 0 Å². The molecule has 0 aliphatic rings. The van der Waals surface area contributed by atoms with Crippen LogP contribution in [0.2, 0.25) is 0 Å². The van der Waals surface area contributed by atoms with Gasteiger partial charge in [0.15, 0.2) is 26.4 Å². The van der Waals surface area contributed by atoms with Gasteiger partial charge in [0.05, 0.1) is 9.85 Å². The van der Waals surface area contributed by atoms with E-state index < -0.39 is 66.9 Å². The summed E-state index contributed by atoms with van der Waals surface area (Å²) in [6.45, 7) is -10.8. The van der Waals surface area contributed by atoms with Crippen LogP contribution in [-0.2, 0) is 18.9 Å². The van der Waals surface area contributed by atoms with E-state index in [0.29, 0.717) is 0 Å². The van der Waals surface area contributed by atoms with Crippen LogP contribution in [0.4, 0.5) is 43.9 Å². The Morgan fingerprint density at radius 2 is 0.793 bits per heavy atom. The molecule has 0 spiro atoms. The van der Waals surface area contributed by atoms with Crippen LogP contribution in [0, 0.1) is 20.2 Å². The van der Waals surface area contributed by atoms with Crippen LogP contribution in [-0.4, -0.2) is 66.9 Å². The molecular weight excluding hydrogens is 454 g/mol. The van der Waals surface area contributed by atoms with Crippen molar-refractivity contribution in [1.29, 1.82) is 0 Å². The van der Waals surface area contributed by atoms with Gasteiger partial charge in [-0.2, -0.15) is 26.3 Å². The van der Waals surface area contributed by atoms with E-state index in [0.717, 1.165) is 0 Å². The molecule has 20 heteroatoms. The van der Waals surface area contributed by atoms with Gasteiger partial charge in [-0.3, -0.25) is 39.2 Å². The Bertz CT molecular complexity index is 530. The van der Waals surface area contributed by atoms with Gasteiger partial charge >= 0.3 is 30.6 Å². The average molecular weight is 462 g/mol. The second kappa shape index (κ2) is 9.17. The molecule has 0 saturated carbocycles. The quantitative estimate of drug-likeness (QED) is 0.143. The molecule has 0 aromatic heterocycles. The first kappa shape index (κ1) is 26.9. The zero-order valence-electron chi connectivity index (χ0n) is 13.3. The number of hydrogen-bond acceptors (Lipinski definition) is 8. The number of rotatable bonds is 12. The Hall–Kier alpha value is -2.06. The summed E-state index contributed by atoms with van der Waals surface area (Å²) in [6.07, 6.45) is -15.4. The van der Waals surface area contributed by atoms with Crippen molar-refractivity contribution < 1.29 is 72.7 Å². The van der Waals surface area contributed by atoms with Gasteiger partial charge in [-0.25, -0.2) is 0 Å². The summed E-state index contributed by atoms with van der Waals surface area (Å²) < 4.78 is 139. The fraction of sp³-hybridized carbons (Fsp3) is 1.00. The number of hydrogen-bond donors (Lipinski definition) is 0. The second-order valence-electron chi connectivity index (χ2n) is 4.73. The van der Waals surface area contributed by atoms with Gasteiger partial charge in [-0.1, -0.05) is 0 Å².